The third kappa shape index (κ3) is 4.40. The zero-order valence-corrected chi connectivity index (χ0v) is 14.7. The van der Waals surface area contributed by atoms with Gasteiger partial charge in [-0.2, -0.15) is 0 Å². The highest BCUT2D eigenvalue weighted by Gasteiger charge is 2.11. The molecule has 134 valence electrons. The molecule has 0 radical (unpaired) electrons. The number of ether oxygens (including phenoxy) is 1. The molecule has 0 spiro atoms. The van der Waals surface area contributed by atoms with Gasteiger partial charge in [-0.1, -0.05) is 11.6 Å². The lowest BCUT2D eigenvalue weighted by atomic mass is 10.2. The number of rotatable bonds is 6. The van der Waals surface area contributed by atoms with Crippen LogP contribution in [0.25, 0.3) is 11.3 Å². The summed E-state index contributed by atoms with van der Waals surface area (Å²) in [6.07, 6.45) is 2.06. The highest BCUT2D eigenvalue weighted by atomic mass is 35.5. The second-order valence-corrected chi connectivity index (χ2v) is 5.93. The van der Waals surface area contributed by atoms with Crippen molar-refractivity contribution >= 4 is 23.2 Å². The molecule has 0 fully saturated rings. The van der Waals surface area contributed by atoms with Gasteiger partial charge in [-0.05, 0) is 36.4 Å². The van der Waals surface area contributed by atoms with Gasteiger partial charge in [0.2, 0.25) is 5.91 Å². The van der Waals surface area contributed by atoms with Gasteiger partial charge in [0.1, 0.15) is 11.6 Å². The standard InChI is InChI=1S/C19H16ClFN2O3/c1-25-14-6-7-15(20)16(10-14)23-18(24)8-9-19-22-11-17(26-19)12-2-4-13(21)5-3-12/h2-7,10-11H,8-9H2,1H3,(H,23,24). The number of nitrogens with one attached hydrogen (secondary N) is 1. The van der Waals surface area contributed by atoms with E-state index in [0.29, 0.717) is 34.5 Å². The zero-order chi connectivity index (χ0) is 18.5. The predicted octanol–water partition coefficient (Wildman–Crippen LogP) is 4.71. The second-order valence-electron chi connectivity index (χ2n) is 5.52. The molecule has 3 rings (SSSR count). The summed E-state index contributed by atoms with van der Waals surface area (Å²) in [4.78, 5) is 16.3. The molecule has 1 heterocycles. The fraction of sp³-hybridized carbons (Fsp3) is 0.158. The minimum absolute atomic E-state index is 0.177. The number of methoxy groups -OCH3 is 1. The highest BCUT2D eigenvalue weighted by molar-refractivity contribution is 6.33. The fourth-order valence-corrected chi connectivity index (χ4v) is 2.50. The Morgan fingerprint density at radius 2 is 2.04 bits per heavy atom. The first-order valence-electron chi connectivity index (χ1n) is 7.89. The van der Waals surface area contributed by atoms with Gasteiger partial charge in [0.15, 0.2) is 11.7 Å². The van der Waals surface area contributed by atoms with E-state index in [1.165, 1.54) is 19.2 Å². The molecule has 26 heavy (non-hydrogen) atoms. The maximum absolute atomic E-state index is 13.0. The van der Waals surface area contributed by atoms with Crippen molar-refractivity contribution in [3.05, 3.63) is 65.4 Å². The molecule has 1 amide bonds. The Balaban J connectivity index is 1.59. The number of aromatic nitrogens is 1. The van der Waals surface area contributed by atoms with Crippen LogP contribution < -0.4 is 10.1 Å². The van der Waals surface area contributed by atoms with Crippen LogP contribution in [0.15, 0.2) is 53.1 Å². The van der Waals surface area contributed by atoms with Crippen molar-refractivity contribution in [3.8, 4) is 17.1 Å². The third-order valence-corrected chi connectivity index (χ3v) is 4.03. The number of anilines is 1. The summed E-state index contributed by atoms with van der Waals surface area (Å²) in [5.41, 5.74) is 1.20. The smallest absolute Gasteiger partial charge is 0.224 e. The first-order valence-corrected chi connectivity index (χ1v) is 8.27. The van der Waals surface area contributed by atoms with Crippen LogP contribution in [0.5, 0.6) is 5.75 Å². The number of hydrogen-bond acceptors (Lipinski definition) is 4. The number of carbonyl (C=O) groups is 1. The Kier molecular flexibility index (Phi) is 5.53. The summed E-state index contributed by atoms with van der Waals surface area (Å²) in [6.45, 7) is 0. The van der Waals surface area contributed by atoms with Gasteiger partial charge in [-0.3, -0.25) is 4.79 Å². The van der Waals surface area contributed by atoms with Crippen LogP contribution in [-0.2, 0) is 11.2 Å². The molecule has 0 bridgehead atoms. The first-order chi connectivity index (χ1) is 12.5. The molecular formula is C19H16ClFN2O3. The molecule has 0 aliphatic rings. The molecule has 7 heteroatoms. The molecule has 0 unspecified atom stereocenters. The van der Waals surface area contributed by atoms with E-state index in [1.54, 1.807) is 36.5 Å². The molecule has 0 aliphatic heterocycles. The Hall–Kier alpha value is -2.86. The summed E-state index contributed by atoms with van der Waals surface area (Å²) in [7, 11) is 1.54. The molecule has 1 aromatic heterocycles. The Morgan fingerprint density at radius 3 is 2.77 bits per heavy atom. The number of aryl methyl sites for hydroxylation is 1. The molecule has 0 saturated heterocycles. The zero-order valence-electron chi connectivity index (χ0n) is 14.0. The third-order valence-electron chi connectivity index (χ3n) is 3.70. The fourth-order valence-electron chi connectivity index (χ4n) is 2.33. The predicted molar refractivity (Wildman–Crippen MR) is 96.9 cm³/mol. The van der Waals surface area contributed by atoms with Gasteiger partial charge >= 0.3 is 0 Å². The van der Waals surface area contributed by atoms with Crippen LogP contribution in [0, 0.1) is 5.82 Å². The monoisotopic (exact) mass is 374 g/mol. The number of oxazole rings is 1. The molecule has 5 nitrogen and oxygen atoms in total. The average molecular weight is 375 g/mol. The van der Waals surface area contributed by atoms with Crippen molar-refractivity contribution in [2.45, 2.75) is 12.8 Å². The van der Waals surface area contributed by atoms with E-state index >= 15 is 0 Å². The van der Waals surface area contributed by atoms with Crippen LogP contribution in [0.3, 0.4) is 0 Å². The summed E-state index contributed by atoms with van der Waals surface area (Å²) in [5, 5.41) is 3.16. The van der Waals surface area contributed by atoms with Crippen LogP contribution in [0.2, 0.25) is 5.02 Å². The lowest BCUT2D eigenvalue weighted by Gasteiger charge is -2.08. The minimum atomic E-state index is -0.318. The molecule has 1 N–H and O–H groups in total. The van der Waals surface area contributed by atoms with Crippen molar-refractivity contribution in [1.82, 2.24) is 4.98 Å². The lowest BCUT2D eigenvalue weighted by molar-refractivity contribution is -0.116. The van der Waals surface area contributed by atoms with Crippen LogP contribution >= 0.6 is 11.6 Å². The SMILES string of the molecule is COc1ccc(Cl)c(NC(=O)CCc2ncc(-c3ccc(F)cc3)o2)c1. The quantitative estimate of drug-likeness (QED) is 0.678. The summed E-state index contributed by atoms with van der Waals surface area (Å²) in [6, 6.07) is 10.9. The van der Waals surface area contributed by atoms with Crippen LogP contribution in [0.1, 0.15) is 12.3 Å². The summed E-state index contributed by atoms with van der Waals surface area (Å²) >= 11 is 6.07. The van der Waals surface area contributed by atoms with Crippen LogP contribution in [-0.4, -0.2) is 18.0 Å². The number of benzene rings is 2. The number of halogens is 2. The van der Waals surface area contributed by atoms with Crippen molar-refractivity contribution in [1.29, 1.82) is 0 Å². The van der Waals surface area contributed by atoms with E-state index in [-0.39, 0.29) is 18.1 Å². The summed E-state index contributed by atoms with van der Waals surface area (Å²) < 4.78 is 23.7. The van der Waals surface area contributed by atoms with Crippen molar-refractivity contribution < 1.29 is 18.3 Å². The van der Waals surface area contributed by atoms with Gasteiger partial charge in [0.05, 0.1) is 24.0 Å². The molecule has 2 aromatic carbocycles. The molecule has 3 aromatic rings. The van der Waals surface area contributed by atoms with E-state index in [0.717, 1.165) is 5.56 Å². The Labute approximate surface area is 154 Å². The van der Waals surface area contributed by atoms with E-state index in [4.69, 9.17) is 20.8 Å². The maximum atomic E-state index is 13.0. The van der Waals surface area contributed by atoms with Gasteiger partial charge in [0, 0.05) is 24.5 Å². The topological polar surface area (TPSA) is 64.4 Å². The van der Waals surface area contributed by atoms with Gasteiger partial charge < -0.3 is 14.5 Å². The van der Waals surface area contributed by atoms with Gasteiger partial charge in [-0.15, -0.1) is 0 Å². The Morgan fingerprint density at radius 1 is 1.27 bits per heavy atom. The molecule has 0 aliphatic carbocycles. The normalized spacial score (nSPS) is 10.6. The van der Waals surface area contributed by atoms with Gasteiger partial charge in [-0.25, -0.2) is 9.37 Å². The molecular weight excluding hydrogens is 359 g/mol. The first kappa shape index (κ1) is 17.9. The van der Waals surface area contributed by atoms with Gasteiger partial charge in [0.25, 0.3) is 0 Å². The van der Waals surface area contributed by atoms with Crippen LogP contribution in [0.4, 0.5) is 10.1 Å². The minimum Gasteiger partial charge on any atom is -0.497 e. The maximum Gasteiger partial charge on any atom is 0.224 e. The average Bonchev–Trinajstić information content (AvgIpc) is 3.11. The van der Waals surface area contributed by atoms with Crippen molar-refractivity contribution in [3.63, 3.8) is 0 Å². The number of carbonyl (C=O) groups excluding carboxylic acids is 1. The summed E-state index contributed by atoms with van der Waals surface area (Å²) in [5.74, 6) is 1.01. The number of amides is 1. The van der Waals surface area contributed by atoms with E-state index in [2.05, 4.69) is 10.3 Å². The molecule has 0 saturated carbocycles. The number of nitrogens with zero attached hydrogens (tertiary/aromatic N) is 1. The van der Waals surface area contributed by atoms with E-state index < -0.39 is 0 Å². The lowest BCUT2D eigenvalue weighted by Crippen LogP contribution is -2.12. The second kappa shape index (κ2) is 8.01. The van der Waals surface area contributed by atoms with Crippen molar-refractivity contribution in [2.24, 2.45) is 0 Å². The Bertz CT molecular complexity index is 909. The largest absolute Gasteiger partial charge is 0.497 e. The van der Waals surface area contributed by atoms with E-state index in [1.807, 2.05) is 0 Å². The van der Waals surface area contributed by atoms with Crippen molar-refractivity contribution in [2.75, 3.05) is 12.4 Å². The number of hydrogen-bond donors (Lipinski definition) is 1. The highest BCUT2D eigenvalue weighted by Crippen LogP contribution is 2.27. The van der Waals surface area contributed by atoms with E-state index in [9.17, 15) is 9.18 Å². The molecule has 0 atom stereocenters.